The summed E-state index contributed by atoms with van der Waals surface area (Å²) >= 11 is 0. The number of anilines is 1. The van der Waals surface area contributed by atoms with Crippen LogP contribution in [0.4, 0.5) is 5.69 Å². The van der Waals surface area contributed by atoms with Crippen molar-refractivity contribution in [3.8, 4) is 0 Å². The van der Waals surface area contributed by atoms with Crippen molar-refractivity contribution in [1.82, 2.24) is 10.3 Å². The third-order valence-corrected chi connectivity index (χ3v) is 6.28. The van der Waals surface area contributed by atoms with Gasteiger partial charge in [0.1, 0.15) is 0 Å². The first-order valence-corrected chi connectivity index (χ1v) is 10.5. The van der Waals surface area contributed by atoms with Gasteiger partial charge in [-0.2, -0.15) is 0 Å². The van der Waals surface area contributed by atoms with Gasteiger partial charge in [-0.05, 0) is 50.3 Å². The minimum Gasteiger partial charge on any atom is -0.310 e. The molecule has 0 saturated heterocycles. The summed E-state index contributed by atoms with van der Waals surface area (Å²) < 4.78 is 0. The maximum absolute atomic E-state index is 13.3. The van der Waals surface area contributed by atoms with E-state index in [0.29, 0.717) is 11.9 Å². The minimum atomic E-state index is -0.0779. The van der Waals surface area contributed by atoms with Crippen molar-refractivity contribution in [3.05, 3.63) is 59.4 Å². The van der Waals surface area contributed by atoms with Gasteiger partial charge in [-0.25, -0.2) is 0 Å². The largest absolute Gasteiger partial charge is 0.310 e. The number of nitrogens with zero attached hydrogens (tertiary/aromatic N) is 2. The number of hydrogen-bond acceptors (Lipinski definition) is 3. The Morgan fingerprint density at radius 1 is 1.07 bits per heavy atom. The number of amides is 1. The van der Waals surface area contributed by atoms with Crippen LogP contribution in [0.25, 0.3) is 0 Å². The van der Waals surface area contributed by atoms with E-state index >= 15 is 0 Å². The van der Waals surface area contributed by atoms with Gasteiger partial charge in [0, 0.05) is 36.2 Å². The zero-order valence-electron chi connectivity index (χ0n) is 18.1. The number of pyridine rings is 1. The monoisotopic (exact) mass is 449 g/mol. The molecule has 1 amide bonds. The lowest BCUT2D eigenvalue weighted by Crippen LogP contribution is -2.41. The van der Waals surface area contributed by atoms with Crippen molar-refractivity contribution < 1.29 is 4.79 Å². The Morgan fingerprint density at radius 3 is 2.40 bits per heavy atom. The van der Waals surface area contributed by atoms with Crippen LogP contribution in [0.2, 0.25) is 0 Å². The fraction of sp³-hybridized carbons (Fsp3) is 0.500. The summed E-state index contributed by atoms with van der Waals surface area (Å²) in [7, 11) is 0. The Balaban J connectivity index is 0.00000160. The van der Waals surface area contributed by atoms with E-state index in [9.17, 15) is 4.79 Å². The zero-order chi connectivity index (χ0) is 19.7. The smallest absolute Gasteiger partial charge is 0.230 e. The first kappa shape index (κ1) is 24.6. The predicted molar refractivity (Wildman–Crippen MR) is 128 cm³/mol. The zero-order valence-corrected chi connectivity index (χ0v) is 19.7. The second kappa shape index (κ2) is 10.1. The highest BCUT2D eigenvalue weighted by Gasteiger charge is 2.41. The Hall–Kier alpha value is -1.62. The molecule has 1 fully saturated rings. The summed E-state index contributed by atoms with van der Waals surface area (Å²) in [5.74, 6) is 0.428. The van der Waals surface area contributed by atoms with Crippen molar-refractivity contribution in [1.29, 1.82) is 0 Å². The van der Waals surface area contributed by atoms with Crippen molar-refractivity contribution in [2.45, 2.75) is 64.5 Å². The van der Waals surface area contributed by atoms with Crippen molar-refractivity contribution in [3.63, 3.8) is 0 Å². The van der Waals surface area contributed by atoms with Crippen LogP contribution < -0.4 is 10.2 Å². The fourth-order valence-electron chi connectivity index (χ4n) is 4.64. The second-order valence-corrected chi connectivity index (χ2v) is 9.04. The second-order valence-electron chi connectivity index (χ2n) is 9.04. The lowest BCUT2D eigenvalue weighted by molar-refractivity contribution is -0.123. The lowest BCUT2D eigenvalue weighted by Gasteiger charge is -2.31. The summed E-state index contributed by atoms with van der Waals surface area (Å²) in [4.78, 5) is 20.0. The van der Waals surface area contributed by atoms with Gasteiger partial charge < -0.3 is 10.2 Å². The molecule has 164 valence electrons. The fourth-order valence-corrected chi connectivity index (χ4v) is 4.64. The first-order chi connectivity index (χ1) is 13.4. The Bertz CT molecular complexity index is 849. The van der Waals surface area contributed by atoms with Gasteiger partial charge >= 0.3 is 0 Å². The predicted octanol–water partition coefficient (Wildman–Crippen LogP) is 5.21. The molecule has 0 atom stereocenters. The number of nitrogens with one attached hydrogen (secondary N) is 1. The van der Waals surface area contributed by atoms with Gasteiger partial charge in [-0.1, -0.05) is 44.2 Å². The van der Waals surface area contributed by atoms with Gasteiger partial charge in [0.05, 0.1) is 11.4 Å². The molecule has 4 nitrogen and oxygen atoms in total. The van der Waals surface area contributed by atoms with E-state index in [1.54, 1.807) is 0 Å². The number of carbonyl (C=O) groups excluding carboxylic acids is 1. The van der Waals surface area contributed by atoms with E-state index in [4.69, 9.17) is 4.98 Å². The Kier molecular flexibility index (Phi) is 8.32. The molecular weight excluding hydrogens is 417 g/mol. The van der Waals surface area contributed by atoms with Crippen LogP contribution in [0.3, 0.4) is 0 Å². The molecule has 4 rings (SSSR count). The third kappa shape index (κ3) is 5.16. The van der Waals surface area contributed by atoms with E-state index < -0.39 is 0 Å². The maximum Gasteiger partial charge on any atom is 0.230 e. The maximum atomic E-state index is 13.3. The van der Waals surface area contributed by atoms with Crippen LogP contribution in [0.5, 0.6) is 0 Å². The topological polar surface area (TPSA) is 45.2 Å². The van der Waals surface area contributed by atoms with Crippen LogP contribution in [0, 0.1) is 12.8 Å². The molecule has 30 heavy (non-hydrogen) atoms. The summed E-state index contributed by atoms with van der Waals surface area (Å²) in [6.07, 6.45) is 4.08. The molecule has 1 saturated carbocycles. The third-order valence-electron chi connectivity index (χ3n) is 6.28. The molecule has 1 aromatic carbocycles. The number of hydrogen-bond donors (Lipinski definition) is 1. The summed E-state index contributed by atoms with van der Waals surface area (Å²) in [5, 5.41) is 3.67. The molecule has 0 radical (unpaired) electrons. The highest BCUT2D eigenvalue weighted by molar-refractivity contribution is 5.97. The van der Waals surface area contributed by atoms with E-state index in [0.717, 1.165) is 55.8 Å². The Labute approximate surface area is 192 Å². The molecule has 0 spiro atoms. The quantitative estimate of drug-likeness (QED) is 0.696. The molecule has 1 N–H and O–H groups in total. The normalized spacial score (nSPS) is 21.9. The molecule has 2 aromatic rings. The molecule has 0 unspecified atom stereocenters. The highest BCUT2D eigenvalue weighted by Crippen LogP contribution is 2.41. The van der Waals surface area contributed by atoms with Crippen molar-refractivity contribution in [2.75, 3.05) is 11.4 Å². The van der Waals surface area contributed by atoms with Crippen molar-refractivity contribution >= 4 is 36.4 Å². The van der Waals surface area contributed by atoms with Crippen LogP contribution in [-0.4, -0.2) is 23.5 Å². The number of halogens is 2. The molecule has 1 aliphatic heterocycles. The highest BCUT2D eigenvalue weighted by atomic mass is 35.5. The Morgan fingerprint density at radius 2 is 1.73 bits per heavy atom. The van der Waals surface area contributed by atoms with Gasteiger partial charge in [0.2, 0.25) is 5.91 Å². The average Bonchev–Trinajstić information content (AvgIpc) is 2.97. The summed E-state index contributed by atoms with van der Waals surface area (Å²) in [6.45, 7) is 8.04. The van der Waals surface area contributed by atoms with Gasteiger partial charge in [-0.3, -0.25) is 9.78 Å². The number of aryl methyl sites for hydroxylation is 1. The number of aromatic nitrogens is 1. The van der Waals surface area contributed by atoms with Crippen LogP contribution in [0.1, 0.15) is 56.5 Å². The average molecular weight is 450 g/mol. The summed E-state index contributed by atoms with van der Waals surface area (Å²) in [6, 6.07) is 15.1. The molecule has 1 aromatic heterocycles. The van der Waals surface area contributed by atoms with Crippen LogP contribution in [-0.2, 0) is 16.8 Å². The van der Waals surface area contributed by atoms with Crippen LogP contribution in [0.15, 0.2) is 42.5 Å². The molecule has 6 heteroatoms. The van der Waals surface area contributed by atoms with E-state index in [1.807, 2.05) is 17.9 Å². The number of fused-ring (bicyclic) bond motifs is 1. The summed E-state index contributed by atoms with van der Waals surface area (Å²) in [5.41, 5.74) is 4.35. The molecule has 1 aliphatic carbocycles. The molecular formula is C24H33Cl2N3O. The molecule has 0 bridgehead atoms. The standard InChI is InChI=1S/C24H31N3O.2ClH/c1-17-9-14-21-22(26-17)24(2,3)16-27(21)23(28)19-10-12-20(13-11-19)25-15-18-7-5-4-6-8-18;;/h4-9,14,19-20,25H,10-13,15-16H2,1-3H3;2*1H/t19-,20-;;. The van der Waals surface area contributed by atoms with Gasteiger partial charge in [-0.15, -0.1) is 24.8 Å². The number of carbonyl (C=O) groups is 1. The first-order valence-electron chi connectivity index (χ1n) is 10.5. The van der Waals surface area contributed by atoms with Crippen molar-refractivity contribution in [2.24, 2.45) is 5.92 Å². The number of rotatable bonds is 4. The van der Waals surface area contributed by atoms with Gasteiger partial charge in [0.25, 0.3) is 0 Å². The number of benzene rings is 1. The lowest BCUT2D eigenvalue weighted by atomic mass is 9.85. The molecule has 2 aliphatic rings. The van der Waals surface area contributed by atoms with E-state index in [2.05, 4.69) is 55.6 Å². The molecule has 2 heterocycles. The van der Waals surface area contributed by atoms with Gasteiger partial charge in [0.15, 0.2) is 0 Å². The minimum absolute atomic E-state index is 0. The van der Waals surface area contributed by atoms with E-state index in [-0.39, 0.29) is 36.1 Å². The SMILES string of the molecule is Cc1ccc2c(n1)C(C)(C)CN2C(=O)[C@H]1CC[C@H](NCc2ccccc2)CC1.Cl.Cl. The van der Waals surface area contributed by atoms with Crippen LogP contribution >= 0.6 is 24.8 Å². The van der Waals surface area contributed by atoms with E-state index in [1.165, 1.54) is 5.56 Å².